The quantitative estimate of drug-likeness (QED) is 0.515. The Morgan fingerprint density at radius 2 is 2.07 bits per heavy atom. The summed E-state index contributed by atoms with van der Waals surface area (Å²) in [6.07, 6.45) is 3.87. The number of carbonyl (C=O) groups excluding carboxylic acids is 1. The first-order valence-corrected chi connectivity index (χ1v) is 11.8. The molecule has 0 saturated carbocycles. The molecule has 1 fully saturated rings. The Labute approximate surface area is 173 Å². The van der Waals surface area contributed by atoms with Gasteiger partial charge in [-0.3, -0.25) is 4.79 Å². The molecule has 1 aromatic carbocycles. The second-order valence-electron chi connectivity index (χ2n) is 7.94. The summed E-state index contributed by atoms with van der Waals surface area (Å²) < 4.78 is 23.9. The second kappa shape index (κ2) is 8.97. The summed E-state index contributed by atoms with van der Waals surface area (Å²) in [5.74, 6) is -0.106. The first-order valence-electron chi connectivity index (χ1n) is 9.93. The van der Waals surface area contributed by atoms with Gasteiger partial charge < -0.3 is 14.7 Å². The van der Waals surface area contributed by atoms with Crippen molar-refractivity contribution in [3.8, 4) is 6.07 Å². The number of benzene rings is 1. The Morgan fingerprint density at radius 3 is 2.72 bits per heavy atom. The van der Waals surface area contributed by atoms with Gasteiger partial charge in [-0.15, -0.1) is 0 Å². The average molecular weight is 417 g/mol. The molecule has 0 N–H and O–H groups in total. The fraction of sp³-hybridized carbons (Fsp3) is 0.524. The first kappa shape index (κ1) is 21.3. The number of aryl methyl sites for hydroxylation is 1. The van der Waals surface area contributed by atoms with Crippen LogP contribution in [0.15, 0.2) is 36.0 Å². The van der Waals surface area contributed by atoms with E-state index in [2.05, 4.69) is 6.07 Å². The zero-order valence-corrected chi connectivity index (χ0v) is 17.9. The van der Waals surface area contributed by atoms with E-state index in [-0.39, 0.29) is 29.0 Å². The fourth-order valence-corrected chi connectivity index (χ4v) is 5.63. The zero-order valence-electron chi connectivity index (χ0n) is 17.0. The minimum absolute atomic E-state index is 0.0461. The number of likely N-dealkylation sites (N-methyl/N-ethyl adjacent to an activating group) is 1. The summed E-state index contributed by atoms with van der Waals surface area (Å²) in [5.41, 5.74) is 2.01. The molecule has 0 aromatic heterocycles. The lowest BCUT2D eigenvalue weighted by molar-refractivity contribution is -0.114. The maximum Gasteiger partial charge on any atom is 0.270 e. The molecule has 2 aliphatic heterocycles. The van der Waals surface area contributed by atoms with Crippen molar-refractivity contribution in [2.24, 2.45) is 0 Å². The van der Waals surface area contributed by atoms with E-state index in [4.69, 9.17) is 0 Å². The van der Waals surface area contributed by atoms with Crippen LogP contribution in [0.4, 0.5) is 5.69 Å². The molecule has 1 atom stereocenters. The molecule has 0 aliphatic carbocycles. The van der Waals surface area contributed by atoms with Crippen LogP contribution in [0.1, 0.15) is 18.4 Å². The molecule has 7 nitrogen and oxygen atoms in total. The van der Waals surface area contributed by atoms with Crippen LogP contribution in [0.3, 0.4) is 0 Å². The third-order valence-corrected chi connectivity index (χ3v) is 7.23. The number of hydrogen-bond acceptors (Lipinski definition) is 6. The maximum atomic E-state index is 13.2. The first-order chi connectivity index (χ1) is 13.8. The zero-order chi connectivity index (χ0) is 21.0. The molecule has 2 heterocycles. The minimum Gasteiger partial charge on any atom is -0.371 e. The molecular formula is C21H28N4O3S. The van der Waals surface area contributed by atoms with Crippen LogP contribution in [0, 0.1) is 11.3 Å². The summed E-state index contributed by atoms with van der Waals surface area (Å²) in [4.78, 5) is 18.7. The summed E-state index contributed by atoms with van der Waals surface area (Å²) >= 11 is 0. The van der Waals surface area contributed by atoms with Gasteiger partial charge in [0.05, 0.1) is 11.5 Å². The Morgan fingerprint density at radius 1 is 1.31 bits per heavy atom. The third kappa shape index (κ3) is 5.17. The molecule has 156 valence electrons. The number of amides is 1. The Kier molecular flexibility index (Phi) is 6.60. The Balaban J connectivity index is 1.87. The van der Waals surface area contributed by atoms with Gasteiger partial charge in [0.15, 0.2) is 9.84 Å². The highest BCUT2D eigenvalue weighted by molar-refractivity contribution is 7.91. The van der Waals surface area contributed by atoms with Gasteiger partial charge in [-0.2, -0.15) is 5.26 Å². The van der Waals surface area contributed by atoms with Crippen molar-refractivity contribution in [2.45, 2.75) is 25.3 Å². The van der Waals surface area contributed by atoms with Crippen LogP contribution < -0.4 is 4.90 Å². The molecule has 1 unspecified atom stereocenters. The van der Waals surface area contributed by atoms with Crippen molar-refractivity contribution in [1.82, 2.24) is 9.80 Å². The molecule has 1 amide bonds. The number of nitrogens with zero attached hydrogens (tertiary/aromatic N) is 4. The number of anilines is 1. The van der Waals surface area contributed by atoms with Crippen molar-refractivity contribution in [1.29, 1.82) is 5.26 Å². The smallest absolute Gasteiger partial charge is 0.270 e. The van der Waals surface area contributed by atoms with Crippen molar-refractivity contribution >= 4 is 21.4 Å². The SMILES string of the molecule is CN(C)CCN(/C=C(/C#N)C(=O)N1CCCc2ccccc21)C1CCS(=O)(=O)C1. The van der Waals surface area contributed by atoms with Crippen molar-refractivity contribution in [2.75, 3.05) is 50.1 Å². The van der Waals surface area contributed by atoms with Gasteiger partial charge in [0, 0.05) is 37.6 Å². The summed E-state index contributed by atoms with van der Waals surface area (Å²) in [5, 5.41) is 9.73. The van der Waals surface area contributed by atoms with Crippen LogP contribution in [-0.4, -0.2) is 75.4 Å². The molecule has 1 aromatic rings. The van der Waals surface area contributed by atoms with Crippen LogP contribution in [0.25, 0.3) is 0 Å². The van der Waals surface area contributed by atoms with E-state index in [1.807, 2.05) is 48.2 Å². The van der Waals surface area contributed by atoms with Gasteiger partial charge in [0.25, 0.3) is 5.91 Å². The average Bonchev–Trinajstić information content (AvgIpc) is 3.06. The monoisotopic (exact) mass is 416 g/mol. The van der Waals surface area contributed by atoms with Gasteiger partial charge in [0.2, 0.25) is 0 Å². The molecule has 29 heavy (non-hydrogen) atoms. The Bertz CT molecular complexity index is 933. The predicted molar refractivity (Wildman–Crippen MR) is 113 cm³/mol. The summed E-state index contributed by atoms with van der Waals surface area (Å²) in [6.45, 7) is 1.83. The molecule has 3 rings (SSSR count). The lowest BCUT2D eigenvalue weighted by atomic mass is 10.0. The number of sulfone groups is 1. The number of fused-ring (bicyclic) bond motifs is 1. The molecule has 0 bridgehead atoms. The van der Waals surface area contributed by atoms with Gasteiger partial charge in [-0.1, -0.05) is 18.2 Å². The number of para-hydroxylation sites is 1. The van der Waals surface area contributed by atoms with E-state index in [0.29, 0.717) is 26.1 Å². The Hall–Kier alpha value is -2.37. The fourth-order valence-electron chi connectivity index (χ4n) is 3.89. The minimum atomic E-state index is -3.07. The van der Waals surface area contributed by atoms with E-state index < -0.39 is 9.84 Å². The van der Waals surface area contributed by atoms with Gasteiger partial charge in [0.1, 0.15) is 11.6 Å². The van der Waals surface area contributed by atoms with Crippen LogP contribution in [0.2, 0.25) is 0 Å². The van der Waals surface area contributed by atoms with E-state index >= 15 is 0 Å². The van der Waals surface area contributed by atoms with E-state index in [1.54, 1.807) is 11.1 Å². The van der Waals surface area contributed by atoms with Crippen LogP contribution in [0.5, 0.6) is 0 Å². The molecule has 0 radical (unpaired) electrons. The van der Waals surface area contributed by atoms with E-state index in [0.717, 1.165) is 24.1 Å². The highest BCUT2D eigenvalue weighted by atomic mass is 32.2. The lowest BCUT2D eigenvalue weighted by Crippen LogP contribution is -2.39. The summed E-state index contributed by atoms with van der Waals surface area (Å²) in [6, 6.07) is 9.63. The lowest BCUT2D eigenvalue weighted by Gasteiger charge is -2.31. The number of carbonyl (C=O) groups is 1. The van der Waals surface area contributed by atoms with Crippen molar-refractivity contribution in [3.63, 3.8) is 0 Å². The number of rotatable bonds is 6. The molecule has 2 aliphatic rings. The van der Waals surface area contributed by atoms with Crippen LogP contribution >= 0.6 is 0 Å². The normalized spacial score (nSPS) is 21.0. The van der Waals surface area contributed by atoms with Gasteiger partial charge in [-0.25, -0.2) is 8.42 Å². The van der Waals surface area contributed by atoms with Gasteiger partial charge in [-0.05, 0) is 45.0 Å². The maximum absolute atomic E-state index is 13.2. The molecule has 0 spiro atoms. The number of nitriles is 1. The molecule has 8 heteroatoms. The van der Waals surface area contributed by atoms with Gasteiger partial charge >= 0.3 is 0 Å². The standard InChI is InChI=1S/C21H28N4O3S/c1-23(2)11-12-24(19-9-13-29(27,28)16-19)15-18(14-22)21(26)25-10-5-7-17-6-3-4-8-20(17)25/h3-4,6,8,15,19H,5,7,9-13,16H2,1-2H3/b18-15-. The van der Waals surface area contributed by atoms with E-state index in [9.17, 15) is 18.5 Å². The van der Waals surface area contributed by atoms with Crippen molar-refractivity contribution < 1.29 is 13.2 Å². The molecular weight excluding hydrogens is 388 g/mol. The highest BCUT2D eigenvalue weighted by Crippen LogP contribution is 2.28. The number of hydrogen-bond donors (Lipinski definition) is 0. The summed E-state index contributed by atoms with van der Waals surface area (Å²) in [7, 11) is 0.813. The second-order valence-corrected chi connectivity index (χ2v) is 10.2. The molecule has 1 saturated heterocycles. The third-order valence-electron chi connectivity index (χ3n) is 5.48. The van der Waals surface area contributed by atoms with Crippen LogP contribution in [-0.2, 0) is 21.1 Å². The van der Waals surface area contributed by atoms with Crippen molar-refractivity contribution in [3.05, 3.63) is 41.6 Å². The largest absolute Gasteiger partial charge is 0.371 e. The predicted octanol–water partition coefficient (Wildman–Crippen LogP) is 1.42. The highest BCUT2D eigenvalue weighted by Gasteiger charge is 2.32. The topological polar surface area (TPSA) is 84.7 Å². The van der Waals surface area contributed by atoms with E-state index in [1.165, 1.54) is 0 Å².